The molecular formula is C22H21Cl2NO5S. The lowest BCUT2D eigenvalue weighted by atomic mass is 10.1. The summed E-state index contributed by atoms with van der Waals surface area (Å²) in [5, 5.41) is 3.23. The van der Waals surface area contributed by atoms with Gasteiger partial charge in [-0.15, -0.1) is 19.1 Å². The molecule has 0 radical (unpaired) electrons. The van der Waals surface area contributed by atoms with Crippen molar-refractivity contribution in [3.63, 3.8) is 0 Å². The largest absolute Gasteiger partial charge is 0.493 e. The van der Waals surface area contributed by atoms with Crippen molar-refractivity contribution in [2.45, 2.75) is 18.3 Å². The number of esters is 1. The van der Waals surface area contributed by atoms with E-state index in [9.17, 15) is 9.59 Å². The summed E-state index contributed by atoms with van der Waals surface area (Å²) in [4.78, 5) is 22.6. The molecule has 0 heterocycles. The van der Waals surface area contributed by atoms with Crippen LogP contribution >= 0.6 is 35.8 Å². The Balaban J connectivity index is 2.12. The monoisotopic (exact) mass is 481 g/mol. The molecule has 9 heteroatoms. The second-order valence-corrected chi connectivity index (χ2v) is 7.79. The second kappa shape index (κ2) is 11.2. The molecule has 0 spiro atoms. The third kappa shape index (κ3) is 6.47. The molecule has 1 N–H and O–H groups in total. The van der Waals surface area contributed by atoms with E-state index in [4.69, 9.17) is 43.8 Å². The standard InChI is InChI=1S/C22H21Cl2NO5S/c1-4-11-29-19-8-5-15(12-20(19)28-3)9-10-25-21(27)22(31,30-14(2)26)16-6-7-17(23)18(24)13-16/h1,5-8,12-13,31H,9-11H2,2-3H3,(H,25,27). The molecule has 2 aromatic carbocycles. The van der Waals surface area contributed by atoms with E-state index in [1.807, 2.05) is 6.07 Å². The number of carbonyl (C=O) groups excluding carboxylic acids is 2. The number of carbonyl (C=O) groups is 2. The SMILES string of the molecule is C#CCOc1ccc(CCNC(=O)C(S)(OC(C)=O)c2ccc(Cl)c(Cl)c2)cc1OC. The molecule has 0 aromatic heterocycles. The van der Waals surface area contributed by atoms with Gasteiger partial charge in [-0.3, -0.25) is 9.59 Å². The van der Waals surface area contributed by atoms with Gasteiger partial charge in [0.25, 0.3) is 10.8 Å². The fourth-order valence-corrected chi connectivity index (χ4v) is 3.34. The zero-order valence-corrected chi connectivity index (χ0v) is 19.3. The van der Waals surface area contributed by atoms with Crippen LogP contribution < -0.4 is 14.8 Å². The predicted molar refractivity (Wildman–Crippen MR) is 123 cm³/mol. The number of rotatable bonds is 9. The lowest BCUT2D eigenvalue weighted by Crippen LogP contribution is -2.44. The molecule has 1 unspecified atom stereocenters. The fourth-order valence-electron chi connectivity index (χ4n) is 2.70. The van der Waals surface area contributed by atoms with Crippen molar-refractivity contribution in [1.82, 2.24) is 5.32 Å². The number of nitrogens with one attached hydrogen (secondary N) is 1. The van der Waals surface area contributed by atoms with Gasteiger partial charge in [-0.25, -0.2) is 0 Å². The first-order chi connectivity index (χ1) is 14.7. The number of hydrogen-bond acceptors (Lipinski definition) is 6. The highest BCUT2D eigenvalue weighted by molar-refractivity contribution is 7.82. The molecule has 2 aromatic rings. The molecule has 0 aliphatic rings. The zero-order chi connectivity index (χ0) is 23.0. The van der Waals surface area contributed by atoms with Gasteiger partial charge in [0.1, 0.15) is 6.61 Å². The van der Waals surface area contributed by atoms with Gasteiger partial charge in [0.2, 0.25) is 0 Å². The number of thiol groups is 1. The smallest absolute Gasteiger partial charge is 0.304 e. The molecule has 0 aliphatic heterocycles. The van der Waals surface area contributed by atoms with Crippen LogP contribution in [0.5, 0.6) is 11.5 Å². The van der Waals surface area contributed by atoms with Crippen LogP contribution in [0, 0.1) is 12.3 Å². The van der Waals surface area contributed by atoms with Crippen LogP contribution in [0.2, 0.25) is 10.0 Å². The number of methoxy groups -OCH3 is 1. The number of halogens is 2. The molecule has 164 valence electrons. The average Bonchev–Trinajstić information content (AvgIpc) is 2.73. The van der Waals surface area contributed by atoms with Crippen molar-refractivity contribution in [2.24, 2.45) is 0 Å². The van der Waals surface area contributed by atoms with Gasteiger partial charge in [-0.1, -0.05) is 41.3 Å². The van der Waals surface area contributed by atoms with Crippen molar-refractivity contribution in [3.8, 4) is 23.8 Å². The van der Waals surface area contributed by atoms with Crippen LogP contribution in [0.25, 0.3) is 0 Å². The van der Waals surface area contributed by atoms with Crippen molar-refractivity contribution < 1.29 is 23.8 Å². The topological polar surface area (TPSA) is 73.9 Å². The van der Waals surface area contributed by atoms with E-state index in [1.165, 1.54) is 32.2 Å². The normalized spacial score (nSPS) is 12.3. The Morgan fingerprint density at radius 1 is 1.16 bits per heavy atom. The van der Waals surface area contributed by atoms with Crippen molar-refractivity contribution >= 4 is 47.7 Å². The van der Waals surface area contributed by atoms with Crippen LogP contribution in [0.1, 0.15) is 18.1 Å². The van der Waals surface area contributed by atoms with E-state index < -0.39 is 16.8 Å². The Labute approximate surface area is 196 Å². The van der Waals surface area contributed by atoms with Gasteiger partial charge in [-0.05, 0) is 36.2 Å². The van der Waals surface area contributed by atoms with Crippen LogP contribution in [0.3, 0.4) is 0 Å². The molecule has 0 saturated heterocycles. The first-order valence-electron chi connectivity index (χ1n) is 9.10. The Morgan fingerprint density at radius 2 is 1.90 bits per heavy atom. The minimum atomic E-state index is -1.87. The van der Waals surface area contributed by atoms with Crippen molar-refractivity contribution in [1.29, 1.82) is 0 Å². The molecule has 0 fully saturated rings. The minimum absolute atomic E-state index is 0.126. The Kier molecular flexibility index (Phi) is 8.93. The van der Waals surface area contributed by atoms with Gasteiger partial charge >= 0.3 is 5.97 Å². The molecule has 6 nitrogen and oxygen atoms in total. The maximum Gasteiger partial charge on any atom is 0.304 e. The van der Waals surface area contributed by atoms with E-state index >= 15 is 0 Å². The van der Waals surface area contributed by atoms with Gasteiger partial charge in [0.05, 0.1) is 17.2 Å². The highest BCUT2D eigenvalue weighted by Gasteiger charge is 2.40. The summed E-state index contributed by atoms with van der Waals surface area (Å²) in [5.41, 5.74) is 1.16. The molecule has 0 aliphatic carbocycles. The summed E-state index contributed by atoms with van der Waals surface area (Å²) in [6.07, 6.45) is 5.68. The Morgan fingerprint density at radius 3 is 2.52 bits per heavy atom. The summed E-state index contributed by atoms with van der Waals surface area (Å²) in [5.74, 6) is 2.15. The Bertz CT molecular complexity index is 1010. The number of hydrogen-bond donors (Lipinski definition) is 2. The second-order valence-electron chi connectivity index (χ2n) is 6.35. The van der Waals surface area contributed by atoms with Crippen molar-refractivity contribution in [3.05, 3.63) is 57.6 Å². The first kappa shape index (κ1) is 24.7. The Hall–Kier alpha value is -2.53. The molecule has 0 saturated carbocycles. The summed E-state index contributed by atoms with van der Waals surface area (Å²) in [6.45, 7) is 1.56. The van der Waals surface area contributed by atoms with Gasteiger partial charge in [0, 0.05) is 19.0 Å². The predicted octanol–water partition coefficient (Wildman–Crippen LogP) is 4.02. The van der Waals surface area contributed by atoms with Crippen LogP contribution in [0.15, 0.2) is 36.4 Å². The zero-order valence-electron chi connectivity index (χ0n) is 16.9. The maximum atomic E-state index is 12.9. The summed E-state index contributed by atoms with van der Waals surface area (Å²) in [7, 11) is 1.52. The van der Waals surface area contributed by atoms with Crippen LogP contribution in [0.4, 0.5) is 0 Å². The molecular weight excluding hydrogens is 461 g/mol. The summed E-state index contributed by atoms with van der Waals surface area (Å²) >= 11 is 16.3. The fraction of sp³-hybridized carbons (Fsp3) is 0.273. The maximum absolute atomic E-state index is 12.9. The molecule has 2 rings (SSSR count). The number of ether oxygens (including phenoxy) is 3. The van der Waals surface area contributed by atoms with E-state index in [2.05, 4.69) is 23.9 Å². The average molecular weight is 482 g/mol. The van der Waals surface area contributed by atoms with Crippen LogP contribution in [-0.4, -0.2) is 32.1 Å². The van der Waals surface area contributed by atoms with Gasteiger partial charge in [0.15, 0.2) is 11.5 Å². The highest BCUT2D eigenvalue weighted by atomic mass is 35.5. The van der Waals surface area contributed by atoms with Gasteiger partial charge in [-0.2, -0.15) is 0 Å². The lowest BCUT2D eigenvalue weighted by molar-refractivity contribution is -0.157. The number of benzene rings is 2. The first-order valence-corrected chi connectivity index (χ1v) is 10.3. The molecule has 0 bridgehead atoms. The molecule has 1 atom stereocenters. The quantitative estimate of drug-likeness (QED) is 0.245. The number of amides is 1. The minimum Gasteiger partial charge on any atom is -0.493 e. The van der Waals surface area contributed by atoms with E-state index in [1.54, 1.807) is 12.1 Å². The van der Waals surface area contributed by atoms with Crippen molar-refractivity contribution in [2.75, 3.05) is 20.3 Å². The number of terminal acetylenes is 1. The molecule has 31 heavy (non-hydrogen) atoms. The third-order valence-corrected chi connectivity index (χ3v) is 5.44. The summed E-state index contributed by atoms with van der Waals surface area (Å²) in [6, 6.07) is 9.81. The van der Waals surface area contributed by atoms with Crippen LogP contribution in [-0.2, 0) is 25.7 Å². The molecule has 1 amide bonds. The van der Waals surface area contributed by atoms with E-state index in [0.29, 0.717) is 22.9 Å². The van der Waals surface area contributed by atoms with Gasteiger partial charge < -0.3 is 19.5 Å². The lowest BCUT2D eigenvalue weighted by Gasteiger charge is -2.27. The summed E-state index contributed by atoms with van der Waals surface area (Å²) < 4.78 is 16.0. The highest BCUT2D eigenvalue weighted by Crippen LogP contribution is 2.35. The van der Waals surface area contributed by atoms with E-state index in [0.717, 1.165) is 5.56 Å². The third-order valence-electron chi connectivity index (χ3n) is 4.15. The van der Waals surface area contributed by atoms with E-state index in [-0.39, 0.29) is 23.7 Å².